The van der Waals surface area contributed by atoms with Crippen molar-refractivity contribution in [3.8, 4) is 0 Å². The second kappa shape index (κ2) is 3.89. The zero-order valence-electron chi connectivity index (χ0n) is 9.26. The number of hydrogen-bond acceptors (Lipinski definition) is 1. The molecule has 0 saturated heterocycles. The highest BCUT2D eigenvalue weighted by Gasteiger charge is 2.39. The van der Waals surface area contributed by atoms with Crippen LogP contribution in [0.4, 0.5) is 0 Å². The third-order valence-corrected chi connectivity index (χ3v) is 4.72. The van der Waals surface area contributed by atoms with Crippen LogP contribution in [0.1, 0.15) is 24.3 Å². The Labute approximate surface area is 112 Å². The van der Waals surface area contributed by atoms with Crippen LogP contribution in [-0.2, 0) is 0 Å². The SMILES string of the molecule is CC1CC1C(Cl)c1cc2[nH]c(=O)[nH]c2cc1Br. The molecule has 3 unspecified atom stereocenters. The van der Waals surface area contributed by atoms with Gasteiger partial charge < -0.3 is 9.97 Å². The summed E-state index contributed by atoms with van der Waals surface area (Å²) in [4.78, 5) is 16.7. The van der Waals surface area contributed by atoms with Crippen LogP contribution in [0, 0.1) is 11.8 Å². The number of halogens is 2. The molecule has 90 valence electrons. The fourth-order valence-corrected chi connectivity index (χ4v) is 3.53. The van der Waals surface area contributed by atoms with Crippen LogP contribution >= 0.6 is 27.5 Å². The molecule has 1 aromatic carbocycles. The van der Waals surface area contributed by atoms with Crippen molar-refractivity contribution in [3.63, 3.8) is 0 Å². The van der Waals surface area contributed by atoms with Gasteiger partial charge in [-0.25, -0.2) is 4.79 Å². The van der Waals surface area contributed by atoms with Crippen molar-refractivity contribution >= 4 is 38.6 Å². The number of aromatic nitrogens is 2. The van der Waals surface area contributed by atoms with Gasteiger partial charge in [-0.3, -0.25) is 0 Å². The van der Waals surface area contributed by atoms with Crippen LogP contribution in [0.5, 0.6) is 0 Å². The molecule has 3 atom stereocenters. The van der Waals surface area contributed by atoms with E-state index in [0.29, 0.717) is 11.8 Å². The summed E-state index contributed by atoms with van der Waals surface area (Å²) in [5, 5.41) is 0.0159. The van der Waals surface area contributed by atoms with Gasteiger partial charge in [-0.15, -0.1) is 11.6 Å². The second-order valence-corrected chi connectivity index (χ2v) is 6.10. The van der Waals surface area contributed by atoms with E-state index in [-0.39, 0.29) is 11.1 Å². The molecule has 1 aliphatic rings. The van der Waals surface area contributed by atoms with Crippen LogP contribution < -0.4 is 5.69 Å². The maximum atomic E-state index is 11.2. The number of alkyl halides is 1. The highest BCUT2D eigenvalue weighted by atomic mass is 79.9. The predicted octanol–water partition coefficient (Wildman–Crippen LogP) is 3.55. The molecule has 0 aliphatic heterocycles. The molecule has 1 saturated carbocycles. The summed E-state index contributed by atoms with van der Waals surface area (Å²) < 4.78 is 0.958. The first-order valence-corrected chi connectivity index (χ1v) is 6.84. The lowest BCUT2D eigenvalue weighted by atomic mass is 10.1. The van der Waals surface area contributed by atoms with Gasteiger partial charge in [-0.1, -0.05) is 22.9 Å². The van der Waals surface area contributed by atoms with Crippen molar-refractivity contribution in [1.29, 1.82) is 0 Å². The van der Waals surface area contributed by atoms with Crippen molar-refractivity contribution in [3.05, 3.63) is 32.7 Å². The number of benzene rings is 1. The number of aromatic amines is 2. The zero-order chi connectivity index (χ0) is 12.2. The van der Waals surface area contributed by atoms with Crippen LogP contribution in [0.3, 0.4) is 0 Å². The Bertz CT molecular complexity index is 633. The smallest absolute Gasteiger partial charge is 0.306 e. The predicted molar refractivity (Wildman–Crippen MR) is 72.5 cm³/mol. The molecule has 2 N–H and O–H groups in total. The minimum atomic E-state index is -0.185. The lowest BCUT2D eigenvalue weighted by Gasteiger charge is -2.11. The highest BCUT2D eigenvalue weighted by Crippen LogP contribution is 2.51. The van der Waals surface area contributed by atoms with Gasteiger partial charge in [0.2, 0.25) is 0 Å². The van der Waals surface area contributed by atoms with Gasteiger partial charge in [0.15, 0.2) is 0 Å². The molecule has 0 bridgehead atoms. The summed E-state index contributed by atoms with van der Waals surface area (Å²) in [5.41, 5.74) is 2.49. The van der Waals surface area contributed by atoms with Crippen LogP contribution in [0.25, 0.3) is 11.0 Å². The van der Waals surface area contributed by atoms with E-state index in [9.17, 15) is 4.79 Å². The summed E-state index contributed by atoms with van der Waals surface area (Å²) in [5.74, 6) is 1.25. The maximum Gasteiger partial charge on any atom is 0.323 e. The molecule has 1 aromatic heterocycles. The zero-order valence-corrected chi connectivity index (χ0v) is 11.6. The van der Waals surface area contributed by atoms with E-state index in [1.54, 1.807) is 0 Å². The van der Waals surface area contributed by atoms with E-state index in [0.717, 1.165) is 21.1 Å². The number of fused-ring (bicyclic) bond motifs is 1. The summed E-state index contributed by atoms with van der Waals surface area (Å²) in [7, 11) is 0. The average molecular weight is 316 g/mol. The Morgan fingerprint density at radius 3 is 2.59 bits per heavy atom. The van der Waals surface area contributed by atoms with Gasteiger partial charge in [0.05, 0.1) is 16.4 Å². The van der Waals surface area contributed by atoms with Gasteiger partial charge in [-0.2, -0.15) is 0 Å². The number of H-pyrrole nitrogens is 2. The van der Waals surface area contributed by atoms with Gasteiger partial charge in [0.1, 0.15) is 0 Å². The normalized spacial score (nSPS) is 25.1. The fraction of sp³-hybridized carbons (Fsp3) is 0.417. The topological polar surface area (TPSA) is 48.6 Å². The average Bonchev–Trinajstić information content (AvgIpc) is 2.87. The number of nitrogens with one attached hydrogen (secondary N) is 2. The summed E-state index contributed by atoms with van der Waals surface area (Å²) in [6.07, 6.45) is 1.18. The molecular weight excluding hydrogens is 304 g/mol. The summed E-state index contributed by atoms with van der Waals surface area (Å²) in [6.45, 7) is 2.21. The Balaban J connectivity index is 2.09. The molecule has 3 rings (SSSR count). The maximum absolute atomic E-state index is 11.2. The molecule has 0 radical (unpaired) electrons. The van der Waals surface area contributed by atoms with Crippen LogP contribution in [0.2, 0.25) is 0 Å². The van der Waals surface area contributed by atoms with Gasteiger partial charge in [-0.05, 0) is 36.0 Å². The Hall–Kier alpha value is -0.740. The third-order valence-electron chi connectivity index (χ3n) is 3.48. The number of rotatable bonds is 2. The molecular formula is C12H12BrClN2O. The Morgan fingerprint density at radius 2 is 2.00 bits per heavy atom. The first kappa shape index (κ1) is 11.4. The highest BCUT2D eigenvalue weighted by molar-refractivity contribution is 9.10. The standard InChI is InChI=1S/C12H12BrClN2O/c1-5-2-6(5)11(14)7-3-9-10(4-8(7)13)16-12(17)15-9/h3-6,11H,2H2,1H3,(H2,15,16,17). The van der Waals surface area contributed by atoms with E-state index < -0.39 is 0 Å². The van der Waals surface area contributed by atoms with Crippen LogP contribution in [0.15, 0.2) is 21.4 Å². The molecule has 0 amide bonds. The molecule has 0 spiro atoms. The molecule has 3 nitrogen and oxygen atoms in total. The molecule has 1 aliphatic carbocycles. The molecule has 5 heteroatoms. The van der Waals surface area contributed by atoms with Gasteiger partial charge in [0, 0.05) is 4.47 Å². The monoisotopic (exact) mass is 314 g/mol. The van der Waals surface area contributed by atoms with E-state index >= 15 is 0 Å². The van der Waals surface area contributed by atoms with Gasteiger partial charge >= 0.3 is 5.69 Å². The number of imidazole rings is 1. The van der Waals surface area contributed by atoms with Crippen molar-refractivity contribution < 1.29 is 0 Å². The van der Waals surface area contributed by atoms with Crippen molar-refractivity contribution in [1.82, 2.24) is 9.97 Å². The quantitative estimate of drug-likeness (QED) is 0.818. The summed E-state index contributed by atoms with van der Waals surface area (Å²) >= 11 is 10.0. The van der Waals surface area contributed by atoms with Crippen molar-refractivity contribution in [2.24, 2.45) is 11.8 Å². The molecule has 1 heterocycles. The lowest BCUT2D eigenvalue weighted by molar-refractivity contribution is 0.720. The molecule has 2 aromatic rings. The number of hydrogen-bond donors (Lipinski definition) is 2. The van der Waals surface area contributed by atoms with E-state index in [4.69, 9.17) is 11.6 Å². The minimum absolute atomic E-state index is 0.0159. The Morgan fingerprint density at radius 1 is 1.41 bits per heavy atom. The van der Waals surface area contributed by atoms with E-state index in [1.807, 2.05) is 12.1 Å². The Kier molecular flexibility index (Phi) is 2.60. The molecule has 17 heavy (non-hydrogen) atoms. The second-order valence-electron chi connectivity index (χ2n) is 4.78. The first-order valence-electron chi connectivity index (χ1n) is 5.62. The van der Waals surface area contributed by atoms with E-state index in [1.165, 1.54) is 6.42 Å². The molecule has 1 fully saturated rings. The minimum Gasteiger partial charge on any atom is -0.306 e. The lowest BCUT2D eigenvalue weighted by Crippen LogP contribution is -1.99. The van der Waals surface area contributed by atoms with E-state index in [2.05, 4.69) is 32.8 Å². The first-order chi connectivity index (χ1) is 8.06. The summed E-state index contributed by atoms with van der Waals surface area (Å²) in [6, 6.07) is 3.87. The fourth-order valence-electron chi connectivity index (χ4n) is 2.27. The largest absolute Gasteiger partial charge is 0.323 e. The van der Waals surface area contributed by atoms with Crippen molar-refractivity contribution in [2.45, 2.75) is 18.7 Å². The third kappa shape index (κ3) is 1.93. The van der Waals surface area contributed by atoms with Crippen LogP contribution in [-0.4, -0.2) is 9.97 Å². The van der Waals surface area contributed by atoms with Crippen molar-refractivity contribution in [2.75, 3.05) is 0 Å². The van der Waals surface area contributed by atoms with Gasteiger partial charge in [0.25, 0.3) is 0 Å².